The lowest BCUT2D eigenvalue weighted by molar-refractivity contribution is -0.137. The van der Waals surface area contributed by atoms with Gasteiger partial charge in [-0.25, -0.2) is 0 Å². The van der Waals surface area contributed by atoms with Crippen LogP contribution in [0.25, 0.3) is 0 Å². The van der Waals surface area contributed by atoms with Gasteiger partial charge in [-0.2, -0.15) is 0 Å². The maximum absolute atomic E-state index is 10.4. The Balaban J connectivity index is 2.17. The van der Waals surface area contributed by atoms with E-state index in [0.29, 0.717) is 6.04 Å². The first-order valence-corrected chi connectivity index (χ1v) is 6.28. The van der Waals surface area contributed by atoms with Crippen molar-refractivity contribution in [3.8, 4) is 0 Å². The van der Waals surface area contributed by atoms with E-state index in [2.05, 4.69) is 23.8 Å². The normalized spacial score (nSPS) is 21.8. The first kappa shape index (κ1) is 13.5. The first-order valence-electron chi connectivity index (χ1n) is 6.28. The van der Waals surface area contributed by atoms with Gasteiger partial charge in [-0.1, -0.05) is 6.92 Å². The van der Waals surface area contributed by atoms with Crippen LogP contribution < -0.4 is 0 Å². The molecule has 0 saturated carbocycles. The van der Waals surface area contributed by atoms with E-state index in [1.807, 2.05) is 0 Å². The SMILES string of the molecule is CCN1CCC[C@@H]1CN(C)CCCC(=O)O. The minimum absolute atomic E-state index is 0.284. The van der Waals surface area contributed by atoms with Crippen molar-refractivity contribution in [1.29, 1.82) is 0 Å². The predicted octanol–water partition coefficient (Wildman–Crippen LogP) is 1.27. The molecule has 0 bridgehead atoms. The molecule has 0 radical (unpaired) electrons. The van der Waals surface area contributed by atoms with Crippen molar-refractivity contribution in [2.24, 2.45) is 0 Å². The zero-order valence-corrected chi connectivity index (χ0v) is 10.5. The molecule has 1 atom stereocenters. The van der Waals surface area contributed by atoms with E-state index in [-0.39, 0.29) is 6.42 Å². The summed E-state index contributed by atoms with van der Waals surface area (Å²) in [7, 11) is 2.09. The summed E-state index contributed by atoms with van der Waals surface area (Å²) in [5, 5.41) is 8.56. The first-order chi connectivity index (χ1) is 7.63. The Hall–Kier alpha value is -0.610. The quantitative estimate of drug-likeness (QED) is 0.712. The largest absolute Gasteiger partial charge is 0.481 e. The molecule has 1 aliphatic rings. The van der Waals surface area contributed by atoms with Gasteiger partial charge >= 0.3 is 5.97 Å². The molecule has 1 aliphatic heterocycles. The van der Waals surface area contributed by atoms with Crippen molar-refractivity contribution in [1.82, 2.24) is 9.80 Å². The molecule has 4 nitrogen and oxygen atoms in total. The molecule has 1 fully saturated rings. The van der Waals surface area contributed by atoms with Gasteiger partial charge in [0.2, 0.25) is 0 Å². The van der Waals surface area contributed by atoms with E-state index in [9.17, 15) is 4.79 Å². The molecule has 0 aromatic rings. The van der Waals surface area contributed by atoms with Gasteiger partial charge in [0.05, 0.1) is 0 Å². The lowest BCUT2D eigenvalue weighted by Crippen LogP contribution is -2.39. The summed E-state index contributed by atoms with van der Waals surface area (Å²) in [4.78, 5) is 15.2. The Kier molecular flexibility index (Phi) is 5.77. The second-order valence-electron chi connectivity index (χ2n) is 4.68. The van der Waals surface area contributed by atoms with Gasteiger partial charge in [-0.05, 0) is 45.9 Å². The maximum Gasteiger partial charge on any atom is 0.303 e. The lowest BCUT2D eigenvalue weighted by atomic mass is 10.2. The molecule has 16 heavy (non-hydrogen) atoms. The monoisotopic (exact) mass is 228 g/mol. The highest BCUT2D eigenvalue weighted by molar-refractivity contribution is 5.66. The van der Waals surface area contributed by atoms with Crippen LogP contribution in [0.15, 0.2) is 0 Å². The molecule has 0 aromatic carbocycles. The van der Waals surface area contributed by atoms with Crippen LogP contribution in [-0.4, -0.2) is 60.1 Å². The summed E-state index contributed by atoms with van der Waals surface area (Å²) >= 11 is 0. The standard InChI is InChI=1S/C12H24N2O2/c1-3-14-9-4-6-11(14)10-13(2)8-5-7-12(15)16/h11H,3-10H2,1-2H3,(H,15,16)/t11-/m1/s1. The number of likely N-dealkylation sites (tertiary alicyclic amines) is 1. The molecule has 0 aliphatic carbocycles. The summed E-state index contributed by atoms with van der Waals surface area (Å²) in [5.74, 6) is -0.690. The second kappa shape index (κ2) is 6.86. The van der Waals surface area contributed by atoms with Crippen molar-refractivity contribution in [2.75, 3.05) is 33.2 Å². The Labute approximate surface area is 98.2 Å². The van der Waals surface area contributed by atoms with E-state index >= 15 is 0 Å². The highest BCUT2D eigenvalue weighted by atomic mass is 16.4. The molecule has 1 rings (SSSR count). The molecule has 0 spiro atoms. The number of nitrogens with zero attached hydrogens (tertiary/aromatic N) is 2. The highest BCUT2D eigenvalue weighted by Gasteiger charge is 2.23. The number of hydrogen-bond acceptors (Lipinski definition) is 3. The molecule has 94 valence electrons. The Bertz CT molecular complexity index is 221. The van der Waals surface area contributed by atoms with E-state index in [1.54, 1.807) is 0 Å². The lowest BCUT2D eigenvalue weighted by Gasteiger charge is -2.27. The summed E-state index contributed by atoms with van der Waals surface area (Å²) in [5.41, 5.74) is 0. The van der Waals surface area contributed by atoms with Crippen LogP contribution in [-0.2, 0) is 4.79 Å². The van der Waals surface area contributed by atoms with Gasteiger partial charge < -0.3 is 10.0 Å². The molecule has 1 N–H and O–H groups in total. The van der Waals surface area contributed by atoms with Crippen LogP contribution >= 0.6 is 0 Å². The minimum Gasteiger partial charge on any atom is -0.481 e. The molecule has 0 aromatic heterocycles. The number of aliphatic carboxylic acids is 1. The van der Waals surface area contributed by atoms with Gasteiger partial charge in [-0.3, -0.25) is 9.69 Å². The van der Waals surface area contributed by atoms with E-state index in [0.717, 1.165) is 26.1 Å². The fraction of sp³-hybridized carbons (Fsp3) is 0.917. The molecular weight excluding hydrogens is 204 g/mol. The van der Waals surface area contributed by atoms with Crippen LogP contribution in [0.3, 0.4) is 0 Å². The third-order valence-corrected chi connectivity index (χ3v) is 3.36. The molecule has 0 unspecified atom stereocenters. The van der Waals surface area contributed by atoms with Gasteiger partial charge in [0, 0.05) is 19.0 Å². The number of carbonyl (C=O) groups is 1. The molecule has 0 amide bonds. The van der Waals surface area contributed by atoms with E-state index in [4.69, 9.17) is 5.11 Å². The fourth-order valence-electron chi connectivity index (χ4n) is 2.47. The number of carboxylic acids is 1. The van der Waals surface area contributed by atoms with Crippen LogP contribution in [0.5, 0.6) is 0 Å². The summed E-state index contributed by atoms with van der Waals surface area (Å²) in [6.45, 7) is 6.54. The third-order valence-electron chi connectivity index (χ3n) is 3.36. The Morgan fingerprint density at radius 1 is 1.56 bits per heavy atom. The van der Waals surface area contributed by atoms with Gasteiger partial charge in [0.25, 0.3) is 0 Å². The van der Waals surface area contributed by atoms with Crippen molar-refractivity contribution < 1.29 is 9.90 Å². The topological polar surface area (TPSA) is 43.8 Å². The number of carboxylic acid groups (broad SMARTS) is 1. The average Bonchev–Trinajstić information content (AvgIpc) is 2.64. The van der Waals surface area contributed by atoms with Crippen molar-refractivity contribution in [3.63, 3.8) is 0 Å². The molecular formula is C12H24N2O2. The van der Waals surface area contributed by atoms with Crippen LogP contribution in [0, 0.1) is 0 Å². The molecule has 1 heterocycles. The number of hydrogen-bond donors (Lipinski definition) is 1. The van der Waals surface area contributed by atoms with Gasteiger partial charge in [0.15, 0.2) is 0 Å². The van der Waals surface area contributed by atoms with Crippen LogP contribution in [0.4, 0.5) is 0 Å². The Morgan fingerprint density at radius 3 is 2.94 bits per heavy atom. The number of likely N-dealkylation sites (N-methyl/N-ethyl adjacent to an activating group) is 2. The predicted molar refractivity (Wildman–Crippen MR) is 64.6 cm³/mol. The summed E-state index contributed by atoms with van der Waals surface area (Å²) in [6, 6.07) is 0.680. The fourth-order valence-corrected chi connectivity index (χ4v) is 2.47. The average molecular weight is 228 g/mol. The molecule has 4 heteroatoms. The Morgan fingerprint density at radius 2 is 2.31 bits per heavy atom. The van der Waals surface area contributed by atoms with E-state index < -0.39 is 5.97 Å². The summed E-state index contributed by atoms with van der Waals surface area (Å²) in [6.07, 6.45) is 3.63. The maximum atomic E-state index is 10.4. The van der Waals surface area contributed by atoms with Crippen LogP contribution in [0.2, 0.25) is 0 Å². The minimum atomic E-state index is -0.690. The van der Waals surface area contributed by atoms with Gasteiger partial charge in [-0.15, -0.1) is 0 Å². The van der Waals surface area contributed by atoms with Crippen molar-refractivity contribution in [3.05, 3.63) is 0 Å². The van der Waals surface area contributed by atoms with Gasteiger partial charge in [0.1, 0.15) is 0 Å². The van der Waals surface area contributed by atoms with Crippen molar-refractivity contribution in [2.45, 2.75) is 38.6 Å². The second-order valence-corrected chi connectivity index (χ2v) is 4.68. The zero-order valence-electron chi connectivity index (χ0n) is 10.5. The smallest absolute Gasteiger partial charge is 0.303 e. The summed E-state index contributed by atoms with van der Waals surface area (Å²) < 4.78 is 0. The zero-order chi connectivity index (χ0) is 12.0. The number of rotatable bonds is 7. The van der Waals surface area contributed by atoms with E-state index in [1.165, 1.54) is 19.4 Å². The van der Waals surface area contributed by atoms with Crippen LogP contribution in [0.1, 0.15) is 32.6 Å². The molecule has 1 saturated heterocycles. The van der Waals surface area contributed by atoms with Crippen molar-refractivity contribution >= 4 is 5.97 Å². The highest BCUT2D eigenvalue weighted by Crippen LogP contribution is 2.17. The third kappa shape index (κ3) is 4.49.